The molecule has 200 valence electrons. The average molecular weight is 510 g/mol. The van der Waals surface area contributed by atoms with Crippen LogP contribution in [0, 0.1) is 6.92 Å². The first kappa shape index (κ1) is 26.8. The molecule has 0 spiro atoms. The summed E-state index contributed by atoms with van der Waals surface area (Å²) in [5, 5.41) is 6.96. The quantitative estimate of drug-likeness (QED) is 0.385. The number of hydrogen-bond acceptors (Lipinski definition) is 6. The lowest BCUT2D eigenvalue weighted by molar-refractivity contribution is 0.190. The van der Waals surface area contributed by atoms with E-state index >= 15 is 0 Å². The number of rotatable bonds is 10. The Hall–Kier alpha value is -3.30. The standard InChI is InChI=1S/C28H39N5O4/c1-5-6-21-15-20(4)31-27(34)24(21)18-30-28(35)37-26-17-22(36-14-13-32-11-8-29-9-12-32)16-25-23(26)7-10-33(25)19(2)3/h7,10,15-17,19,29H,5-6,8-9,11-14,18H2,1-4H3,(H,30,35)(H,31,34). The minimum absolute atomic E-state index is 0.0980. The Morgan fingerprint density at radius 1 is 1.19 bits per heavy atom. The van der Waals surface area contributed by atoms with E-state index in [1.807, 2.05) is 31.3 Å². The summed E-state index contributed by atoms with van der Waals surface area (Å²) in [6.07, 6.45) is 3.06. The van der Waals surface area contributed by atoms with Crippen molar-refractivity contribution in [2.24, 2.45) is 0 Å². The van der Waals surface area contributed by atoms with Gasteiger partial charge in [0.05, 0.1) is 12.1 Å². The van der Waals surface area contributed by atoms with E-state index in [0.717, 1.165) is 67.7 Å². The predicted octanol–water partition coefficient (Wildman–Crippen LogP) is 3.74. The Morgan fingerprint density at radius 3 is 2.70 bits per heavy atom. The lowest BCUT2D eigenvalue weighted by atomic mass is 10.0. The average Bonchev–Trinajstić information content (AvgIpc) is 3.29. The fraction of sp³-hybridized carbons (Fsp3) is 0.500. The summed E-state index contributed by atoms with van der Waals surface area (Å²) >= 11 is 0. The van der Waals surface area contributed by atoms with Crippen molar-refractivity contribution in [2.45, 2.75) is 53.1 Å². The number of fused-ring (bicyclic) bond motifs is 1. The number of pyridine rings is 1. The molecule has 1 saturated heterocycles. The minimum Gasteiger partial charge on any atom is -0.492 e. The molecule has 3 N–H and O–H groups in total. The summed E-state index contributed by atoms with van der Waals surface area (Å²) in [5.74, 6) is 1.09. The normalized spacial score (nSPS) is 14.3. The number of aryl methyl sites for hydroxylation is 2. The molecule has 0 bridgehead atoms. The highest BCUT2D eigenvalue weighted by Crippen LogP contribution is 2.34. The summed E-state index contributed by atoms with van der Waals surface area (Å²) in [7, 11) is 0. The van der Waals surface area contributed by atoms with Crippen LogP contribution < -0.4 is 25.7 Å². The number of aromatic nitrogens is 2. The first-order valence-corrected chi connectivity index (χ1v) is 13.2. The van der Waals surface area contributed by atoms with Crippen LogP contribution in [0.3, 0.4) is 0 Å². The summed E-state index contributed by atoms with van der Waals surface area (Å²) < 4.78 is 14.0. The molecule has 9 heteroatoms. The zero-order chi connectivity index (χ0) is 26.4. The molecule has 0 aliphatic carbocycles. The van der Waals surface area contributed by atoms with Gasteiger partial charge in [-0.3, -0.25) is 9.69 Å². The largest absolute Gasteiger partial charge is 0.492 e. The fourth-order valence-corrected chi connectivity index (χ4v) is 4.82. The van der Waals surface area contributed by atoms with Crippen LogP contribution in [0.4, 0.5) is 4.79 Å². The van der Waals surface area contributed by atoms with Gasteiger partial charge in [0.15, 0.2) is 0 Å². The van der Waals surface area contributed by atoms with Crippen molar-refractivity contribution in [3.05, 3.63) is 57.6 Å². The number of carbonyl (C=O) groups is 1. The van der Waals surface area contributed by atoms with E-state index in [1.165, 1.54) is 0 Å². The van der Waals surface area contributed by atoms with Crippen LogP contribution in [0.1, 0.15) is 50.1 Å². The van der Waals surface area contributed by atoms with E-state index in [-0.39, 0.29) is 18.1 Å². The zero-order valence-electron chi connectivity index (χ0n) is 22.4. The van der Waals surface area contributed by atoms with E-state index in [4.69, 9.17) is 9.47 Å². The second-order valence-corrected chi connectivity index (χ2v) is 9.89. The first-order chi connectivity index (χ1) is 17.9. The van der Waals surface area contributed by atoms with Crippen molar-refractivity contribution < 1.29 is 14.3 Å². The highest BCUT2D eigenvalue weighted by atomic mass is 16.6. The number of nitrogens with zero attached hydrogens (tertiary/aromatic N) is 2. The molecule has 2 aromatic heterocycles. The smallest absolute Gasteiger partial charge is 0.412 e. The second-order valence-electron chi connectivity index (χ2n) is 9.89. The summed E-state index contributed by atoms with van der Waals surface area (Å²) in [4.78, 5) is 30.6. The van der Waals surface area contributed by atoms with Crippen LogP contribution in [0.25, 0.3) is 10.9 Å². The Bertz CT molecular complexity index is 1270. The van der Waals surface area contributed by atoms with Gasteiger partial charge in [0, 0.05) is 73.7 Å². The highest BCUT2D eigenvalue weighted by molar-refractivity contribution is 5.90. The Kier molecular flexibility index (Phi) is 8.89. The van der Waals surface area contributed by atoms with E-state index < -0.39 is 6.09 Å². The molecule has 1 amide bonds. The summed E-state index contributed by atoms with van der Waals surface area (Å²) in [6.45, 7) is 13.6. The van der Waals surface area contributed by atoms with Crippen LogP contribution in [0.2, 0.25) is 0 Å². The van der Waals surface area contributed by atoms with Gasteiger partial charge in [-0.05, 0) is 44.9 Å². The molecule has 1 aliphatic rings. The van der Waals surface area contributed by atoms with Crippen LogP contribution in [0.5, 0.6) is 11.5 Å². The zero-order valence-corrected chi connectivity index (χ0v) is 22.4. The molecule has 1 aromatic carbocycles. The molecular formula is C28H39N5O4. The van der Waals surface area contributed by atoms with E-state index in [2.05, 4.69) is 45.9 Å². The van der Waals surface area contributed by atoms with Crippen LogP contribution >= 0.6 is 0 Å². The molecule has 1 aliphatic heterocycles. The molecule has 4 rings (SSSR count). The third kappa shape index (κ3) is 6.72. The lowest BCUT2D eigenvalue weighted by Gasteiger charge is -2.27. The maximum Gasteiger partial charge on any atom is 0.412 e. The number of amides is 1. The topological polar surface area (TPSA) is 101 Å². The maximum absolute atomic E-state index is 12.8. The Balaban J connectivity index is 1.49. The molecule has 0 saturated carbocycles. The maximum atomic E-state index is 12.8. The number of piperazine rings is 1. The Morgan fingerprint density at radius 2 is 1.97 bits per heavy atom. The number of H-pyrrole nitrogens is 1. The number of carbonyl (C=O) groups excluding carboxylic acids is 1. The minimum atomic E-state index is -0.612. The monoisotopic (exact) mass is 509 g/mol. The van der Waals surface area contributed by atoms with Gasteiger partial charge in [0.25, 0.3) is 5.56 Å². The number of hydrogen-bond donors (Lipinski definition) is 3. The van der Waals surface area contributed by atoms with E-state index in [9.17, 15) is 9.59 Å². The van der Waals surface area contributed by atoms with Crippen molar-refractivity contribution in [1.82, 2.24) is 25.1 Å². The van der Waals surface area contributed by atoms with Gasteiger partial charge in [-0.2, -0.15) is 0 Å². The molecule has 9 nitrogen and oxygen atoms in total. The number of benzene rings is 1. The van der Waals surface area contributed by atoms with Crippen LogP contribution in [-0.2, 0) is 13.0 Å². The molecule has 1 fully saturated rings. The molecule has 0 atom stereocenters. The van der Waals surface area contributed by atoms with Crippen molar-refractivity contribution in [1.29, 1.82) is 0 Å². The molecule has 3 aromatic rings. The second kappa shape index (κ2) is 12.3. The van der Waals surface area contributed by atoms with Gasteiger partial charge in [0.1, 0.15) is 18.1 Å². The first-order valence-electron chi connectivity index (χ1n) is 13.2. The van der Waals surface area contributed by atoms with Gasteiger partial charge in [0.2, 0.25) is 0 Å². The lowest BCUT2D eigenvalue weighted by Crippen LogP contribution is -2.44. The molecule has 3 heterocycles. The van der Waals surface area contributed by atoms with Crippen LogP contribution in [0.15, 0.2) is 35.3 Å². The Labute approximate surface area is 218 Å². The van der Waals surface area contributed by atoms with Crippen LogP contribution in [-0.4, -0.2) is 59.9 Å². The molecule has 0 radical (unpaired) electrons. The molecular weight excluding hydrogens is 470 g/mol. The van der Waals surface area contributed by atoms with E-state index in [0.29, 0.717) is 23.7 Å². The van der Waals surface area contributed by atoms with Crippen molar-refractivity contribution in [3.63, 3.8) is 0 Å². The van der Waals surface area contributed by atoms with Gasteiger partial charge in [-0.15, -0.1) is 0 Å². The van der Waals surface area contributed by atoms with Gasteiger partial charge < -0.3 is 29.7 Å². The van der Waals surface area contributed by atoms with Gasteiger partial charge in [-0.1, -0.05) is 13.3 Å². The number of aromatic amines is 1. The van der Waals surface area contributed by atoms with E-state index in [1.54, 1.807) is 6.07 Å². The molecule has 0 unspecified atom stereocenters. The highest BCUT2D eigenvalue weighted by Gasteiger charge is 2.17. The fourth-order valence-electron chi connectivity index (χ4n) is 4.82. The van der Waals surface area contributed by atoms with Crippen molar-refractivity contribution in [3.8, 4) is 11.5 Å². The van der Waals surface area contributed by atoms with Crippen molar-refractivity contribution >= 4 is 17.0 Å². The summed E-state index contributed by atoms with van der Waals surface area (Å²) in [6, 6.07) is 7.92. The predicted molar refractivity (Wildman–Crippen MR) is 146 cm³/mol. The van der Waals surface area contributed by atoms with Gasteiger partial charge in [-0.25, -0.2) is 4.79 Å². The third-order valence-corrected chi connectivity index (χ3v) is 6.71. The number of nitrogens with one attached hydrogen (secondary N) is 3. The number of ether oxygens (including phenoxy) is 2. The SMILES string of the molecule is CCCc1cc(C)[nH]c(=O)c1CNC(=O)Oc1cc(OCCN2CCNCC2)cc2c1ccn2C(C)C. The molecule has 37 heavy (non-hydrogen) atoms. The van der Waals surface area contributed by atoms with Crippen molar-refractivity contribution in [2.75, 3.05) is 39.3 Å². The van der Waals surface area contributed by atoms with Gasteiger partial charge >= 0.3 is 6.09 Å². The third-order valence-electron chi connectivity index (χ3n) is 6.71. The summed E-state index contributed by atoms with van der Waals surface area (Å²) in [5.41, 5.74) is 3.08.